The van der Waals surface area contributed by atoms with E-state index in [9.17, 15) is 14.4 Å². The van der Waals surface area contributed by atoms with Crippen LogP contribution >= 0.6 is 27.3 Å². The van der Waals surface area contributed by atoms with Crippen LogP contribution in [-0.4, -0.2) is 39.6 Å². The number of amides is 2. The van der Waals surface area contributed by atoms with E-state index < -0.39 is 0 Å². The van der Waals surface area contributed by atoms with E-state index in [2.05, 4.69) is 26.3 Å². The van der Waals surface area contributed by atoms with Crippen LogP contribution in [0.3, 0.4) is 0 Å². The van der Waals surface area contributed by atoms with Crippen molar-refractivity contribution in [3.05, 3.63) is 49.0 Å². The zero-order valence-corrected chi connectivity index (χ0v) is 17.5. The lowest BCUT2D eigenvalue weighted by atomic mass is 10.1. The fraction of sp³-hybridized carbons (Fsp3) is 0.444. The van der Waals surface area contributed by atoms with Crippen LogP contribution in [-0.2, 0) is 4.79 Å². The van der Waals surface area contributed by atoms with Crippen molar-refractivity contribution in [2.75, 3.05) is 13.1 Å². The third-order valence-electron chi connectivity index (χ3n) is 4.68. The number of nitrogens with zero attached hydrogens (tertiary/aromatic N) is 3. The number of piperidine rings is 1. The van der Waals surface area contributed by atoms with E-state index in [1.54, 1.807) is 23.2 Å². The number of hydrogen-bond acceptors (Lipinski definition) is 5. The third-order valence-corrected chi connectivity index (χ3v) is 6.49. The molecule has 1 saturated heterocycles. The van der Waals surface area contributed by atoms with Gasteiger partial charge in [0.15, 0.2) is 0 Å². The summed E-state index contributed by atoms with van der Waals surface area (Å²) >= 11 is 4.98. The summed E-state index contributed by atoms with van der Waals surface area (Å²) in [5.41, 5.74) is -0.0193. The minimum atomic E-state index is -0.318. The van der Waals surface area contributed by atoms with Crippen LogP contribution in [0.2, 0.25) is 0 Å². The van der Waals surface area contributed by atoms with Crippen molar-refractivity contribution < 1.29 is 9.59 Å². The highest BCUT2D eigenvalue weighted by molar-refractivity contribution is 9.11. The van der Waals surface area contributed by atoms with Crippen molar-refractivity contribution in [1.82, 2.24) is 20.0 Å². The highest BCUT2D eigenvalue weighted by Gasteiger charge is 2.24. The summed E-state index contributed by atoms with van der Waals surface area (Å²) in [6.45, 7) is 4.64. The largest absolute Gasteiger partial charge is 0.343 e. The Labute approximate surface area is 169 Å². The van der Waals surface area contributed by atoms with Crippen molar-refractivity contribution in [2.24, 2.45) is 0 Å². The first-order valence-corrected chi connectivity index (χ1v) is 10.4. The Morgan fingerprint density at radius 1 is 1.26 bits per heavy atom. The quantitative estimate of drug-likeness (QED) is 0.772. The lowest BCUT2D eigenvalue weighted by molar-refractivity contribution is -0.130. The average Bonchev–Trinajstić information content (AvgIpc) is 3.08. The van der Waals surface area contributed by atoms with Crippen molar-refractivity contribution in [1.29, 1.82) is 0 Å². The Morgan fingerprint density at radius 2 is 1.96 bits per heavy atom. The van der Waals surface area contributed by atoms with Crippen LogP contribution in [0.15, 0.2) is 32.8 Å². The zero-order valence-electron chi connectivity index (χ0n) is 15.1. The average molecular weight is 453 g/mol. The second kappa shape index (κ2) is 8.35. The normalized spacial score (nSPS) is 16.2. The van der Waals surface area contributed by atoms with Crippen molar-refractivity contribution in [3.63, 3.8) is 0 Å². The van der Waals surface area contributed by atoms with Gasteiger partial charge in [0.2, 0.25) is 5.91 Å². The van der Waals surface area contributed by atoms with Gasteiger partial charge in [-0.05, 0) is 53.9 Å². The molecule has 9 heteroatoms. The summed E-state index contributed by atoms with van der Waals surface area (Å²) in [6.07, 6.45) is 1.30. The van der Waals surface area contributed by atoms with E-state index in [-0.39, 0.29) is 35.2 Å². The predicted octanol–water partition coefficient (Wildman–Crippen LogP) is 2.74. The molecule has 2 aromatic heterocycles. The van der Waals surface area contributed by atoms with Crippen molar-refractivity contribution in [2.45, 2.75) is 38.8 Å². The van der Waals surface area contributed by atoms with Gasteiger partial charge in [0.05, 0.1) is 15.9 Å². The molecule has 2 amide bonds. The van der Waals surface area contributed by atoms with E-state index in [4.69, 9.17) is 0 Å². The van der Waals surface area contributed by atoms with Gasteiger partial charge in [0.25, 0.3) is 11.5 Å². The van der Waals surface area contributed by atoms with Gasteiger partial charge >= 0.3 is 0 Å². The molecule has 2 aromatic rings. The smallest absolute Gasteiger partial charge is 0.272 e. The van der Waals surface area contributed by atoms with E-state index in [1.807, 2.05) is 19.1 Å². The minimum absolute atomic E-state index is 0.0380. The fourth-order valence-electron chi connectivity index (χ4n) is 3.14. The Kier molecular flexibility index (Phi) is 6.11. The Bertz CT molecular complexity index is 902. The third kappa shape index (κ3) is 4.65. The molecule has 3 rings (SSSR count). The number of nitrogens with one attached hydrogen (secondary N) is 1. The molecule has 144 valence electrons. The molecular formula is C18H21BrN4O3S. The molecule has 0 saturated carbocycles. The number of carbonyl (C=O) groups is 2. The predicted molar refractivity (Wildman–Crippen MR) is 107 cm³/mol. The number of aromatic nitrogens is 2. The number of thiophene rings is 1. The molecule has 0 bridgehead atoms. The monoisotopic (exact) mass is 452 g/mol. The van der Waals surface area contributed by atoms with Crippen LogP contribution in [0, 0.1) is 0 Å². The summed E-state index contributed by atoms with van der Waals surface area (Å²) < 4.78 is 2.39. The Hall–Kier alpha value is -2.00. The van der Waals surface area contributed by atoms with Gasteiger partial charge in [-0.3, -0.25) is 14.4 Å². The molecule has 1 N–H and O–H groups in total. The van der Waals surface area contributed by atoms with Crippen molar-refractivity contribution >= 4 is 39.1 Å². The fourth-order valence-corrected chi connectivity index (χ4v) is 4.56. The molecule has 3 heterocycles. The molecule has 0 radical (unpaired) electrons. The SMILES string of the molecule is CC(=O)N1CCC(n2nc(C(=O)N[C@H](C)c3ccc(Br)s3)ccc2=O)CC1. The van der Waals surface area contributed by atoms with Crippen LogP contribution in [0.25, 0.3) is 0 Å². The highest BCUT2D eigenvalue weighted by atomic mass is 79.9. The van der Waals surface area contributed by atoms with Gasteiger partial charge in [0.1, 0.15) is 5.69 Å². The standard InChI is InChI=1S/C18H21BrN4O3S/c1-11(15-4-5-16(19)27-15)20-18(26)14-3-6-17(25)23(21-14)13-7-9-22(10-8-13)12(2)24/h3-6,11,13H,7-10H2,1-2H3,(H,20,26)/t11-/m1/s1. The topological polar surface area (TPSA) is 84.3 Å². The first kappa shape index (κ1) is 19.8. The lowest BCUT2D eigenvalue weighted by Gasteiger charge is -2.31. The number of halogens is 1. The van der Waals surface area contributed by atoms with Crippen LogP contribution in [0.1, 0.15) is 54.1 Å². The first-order chi connectivity index (χ1) is 12.8. The van der Waals surface area contributed by atoms with Gasteiger partial charge < -0.3 is 10.2 Å². The number of hydrogen-bond donors (Lipinski definition) is 1. The molecule has 0 unspecified atom stereocenters. The molecule has 1 aliphatic heterocycles. The maximum Gasteiger partial charge on any atom is 0.272 e. The van der Waals surface area contributed by atoms with E-state index in [0.717, 1.165) is 8.66 Å². The molecule has 0 aromatic carbocycles. The second-order valence-electron chi connectivity index (χ2n) is 6.58. The molecular weight excluding hydrogens is 432 g/mol. The second-order valence-corrected chi connectivity index (χ2v) is 9.07. The van der Waals surface area contributed by atoms with E-state index >= 15 is 0 Å². The van der Waals surface area contributed by atoms with Gasteiger partial charge in [0, 0.05) is 31.0 Å². The van der Waals surface area contributed by atoms with Gasteiger partial charge in [-0.2, -0.15) is 5.10 Å². The highest BCUT2D eigenvalue weighted by Crippen LogP contribution is 2.27. The molecule has 27 heavy (non-hydrogen) atoms. The summed E-state index contributed by atoms with van der Waals surface area (Å²) in [7, 11) is 0. The number of likely N-dealkylation sites (tertiary alicyclic amines) is 1. The molecule has 1 fully saturated rings. The number of carbonyl (C=O) groups excluding carboxylic acids is 2. The minimum Gasteiger partial charge on any atom is -0.343 e. The van der Waals surface area contributed by atoms with E-state index in [1.165, 1.54) is 16.8 Å². The molecule has 1 atom stereocenters. The summed E-state index contributed by atoms with van der Waals surface area (Å²) in [4.78, 5) is 39.1. The van der Waals surface area contributed by atoms with Gasteiger partial charge in [-0.15, -0.1) is 11.3 Å². The maximum atomic E-state index is 12.6. The van der Waals surface area contributed by atoms with Crippen molar-refractivity contribution in [3.8, 4) is 0 Å². The summed E-state index contributed by atoms with van der Waals surface area (Å²) in [5.74, 6) is -0.280. The summed E-state index contributed by atoms with van der Waals surface area (Å²) in [5, 5.41) is 7.22. The van der Waals surface area contributed by atoms with Gasteiger partial charge in [-0.1, -0.05) is 0 Å². The lowest BCUT2D eigenvalue weighted by Crippen LogP contribution is -2.41. The Balaban J connectivity index is 1.72. The van der Waals surface area contributed by atoms with Crippen LogP contribution in [0.5, 0.6) is 0 Å². The van der Waals surface area contributed by atoms with Gasteiger partial charge in [-0.25, -0.2) is 4.68 Å². The van der Waals surface area contributed by atoms with E-state index in [0.29, 0.717) is 25.9 Å². The molecule has 0 spiro atoms. The molecule has 1 aliphatic rings. The van der Waals surface area contributed by atoms with Crippen LogP contribution < -0.4 is 10.9 Å². The Morgan fingerprint density at radius 3 is 2.56 bits per heavy atom. The first-order valence-electron chi connectivity index (χ1n) is 8.76. The maximum absolute atomic E-state index is 12.6. The molecule has 0 aliphatic carbocycles. The zero-order chi connectivity index (χ0) is 19.6. The number of rotatable bonds is 4. The van der Waals surface area contributed by atoms with Crippen LogP contribution in [0.4, 0.5) is 0 Å². The summed E-state index contributed by atoms with van der Waals surface area (Å²) in [6, 6.07) is 6.47. The molecule has 7 nitrogen and oxygen atoms in total.